The van der Waals surface area contributed by atoms with E-state index in [1.807, 2.05) is 44.2 Å². The molecule has 0 spiro atoms. The molecule has 1 aliphatic carbocycles. The highest BCUT2D eigenvalue weighted by atomic mass is 79.9. The van der Waals surface area contributed by atoms with Crippen LogP contribution in [0.1, 0.15) is 30.6 Å². The number of hydrogen-bond donors (Lipinski definition) is 1. The van der Waals surface area contributed by atoms with Crippen molar-refractivity contribution in [3.63, 3.8) is 0 Å². The van der Waals surface area contributed by atoms with E-state index < -0.39 is 11.8 Å². The molecule has 1 aliphatic heterocycles. The number of Topliss-reactive ketones (excluding diaryl/α,β-unsaturated/α-hetero) is 1. The zero-order valence-corrected chi connectivity index (χ0v) is 14.3. The Balaban J connectivity index is 1.99. The fourth-order valence-corrected chi connectivity index (χ4v) is 3.63. The van der Waals surface area contributed by atoms with Gasteiger partial charge in [-0.1, -0.05) is 28.1 Å². The van der Waals surface area contributed by atoms with Crippen molar-refractivity contribution >= 4 is 21.7 Å². The monoisotopic (exact) mass is 363 g/mol. The summed E-state index contributed by atoms with van der Waals surface area (Å²) in [6.45, 7) is 3.89. The van der Waals surface area contributed by atoms with E-state index in [9.17, 15) is 9.90 Å². The first-order valence-electron chi connectivity index (χ1n) is 7.13. The lowest BCUT2D eigenvalue weighted by atomic mass is 9.73. The molecule has 2 unspecified atom stereocenters. The molecule has 3 rings (SSSR count). The van der Waals surface area contributed by atoms with Gasteiger partial charge in [0.1, 0.15) is 5.76 Å². The molecule has 1 heterocycles. The molecule has 1 aromatic rings. The van der Waals surface area contributed by atoms with Gasteiger partial charge in [-0.25, -0.2) is 0 Å². The molecule has 0 bridgehead atoms. The number of ketones is 1. The number of ether oxygens (including phenoxy) is 1. The van der Waals surface area contributed by atoms with Gasteiger partial charge < -0.3 is 14.7 Å². The van der Waals surface area contributed by atoms with E-state index >= 15 is 0 Å². The van der Waals surface area contributed by atoms with Crippen LogP contribution in [0.3, 0.4) is 0 Å². The Morgan fingerprint density at radius 1 is 1.50 bits per heavy atom. The summed E-state index contributed by atoms with van der Waals surface area (Å²) in [4.78, 5) is 14.6. The number of aliphatic hydroxyl groups is 1. The Bertz CT molecular complexity index is 710. The fraction of sp³-hybridized carbons (Fsp3) is 0.353. The second-order valence-corrected chi connectivity index (χ2v) is 7.04. The molecule has 1 fully saturated rings. The van der Waals surface area contributed by atoms with Crippen LogP contribution in [-0.2, 0) is 4.74 Å². The maximum Gasteiger partial charge on any atom is 0.281 e. The van der Waals surface area contributed by atoms with Crippen LogP contribution in [0.4, 0.5) is 0 Å². The largest absolute Gasteiger partial charge is 0.445 e. The maximum absolute atomic E-state index is 13.0. The van der Waals surface area contributed by atoms with Crippen molar-refractivity contribution in [2.75, 3.05) is 7.05 Å². The van der Waals surface area contributed by atoms with Crippen LogP contribution in [0.15, 0.2) is 51.8 Å². The van der Waals surface area contributed by atoms with Crippen molar-refractivity contribution in [2.24, 2.45) is 5.41 Å². The minimum atomic E-state index is -0.987. The van der Waals surface area contributed by atoms with Gasteiger partial charge in [0.15, 0.2) is 5.78 Å². The summed E-state index contributed by atoms with van der Waals surface area (Å²) >= 11 is 3.40. The third-order valence-electron chi connectivity index (χ3n) is 4.24. The number of rotatable bonds is 2. The number of hydrogen-bond acceptors (Lipinski definition) is 4. The maximum atomic E-state index is 13.0. The first-order valence-corrected chi connectivity index (χ1v) is 7.92. The number of carbonyl (C=O) groups excluding carboxylic acids is 1. The Labute approximate surface area is 138 Å². The topological polar surface area (TPSA) is 49.8 Å². The molecule has 1 aromatic carbocycles. The average molecular weight is 364 g/mol. The van der Waals surface area contributed by atoms with E-state index in [1.54, 1.807) is 11.9 Å². The molecule has 1 saturated heterocycles. The Hall–Kier alpha value is -1.59. The van der Waals surface area contributed by atoms with Gasteiger partial charge in [-0.3, -0.25) is 4.79 Å². The van der Waals surface area contributed by atoms with Crippen LogP contribution in [0.5, 0.6) is 0 Å². The summed E-state index contributed by atoms with van der Waals surface area (Å²) in [5, 5.41) is 9.85. The number of halogens is 1. The third-order valence-corrected chi connectivity index (χ3v) is 4.73. The summed E-state index contributed by atoms with van der Waals surface area (Å²) in [5.74, 6) is 0.636. The highest BCUT2D eigenvalue weighted by Gasteiger charge is 2.42. The molecule has 2 atom stereocenters. The average Bonchev–Trinajstić information content (AvgIpc) is 2.72. The molecule has 0 amide bonds. The summed E-state index contributed by atoms with van der Waals surface area (Å²) in [6.07, 6.45) is 1.46. The van der Waals surface area contributed by atoms with E-state index in [0.29, 0.717) is 17.7 Å². The van der Waals surface area contributed by atoms with E-state index in [-0.39, 0.29) is 5.78 Å². The van der Waals surface area contributed by atoms with Gasteiger partial charge in [0.2, 0.25) is 0 Å². The predicted octanol–water partition coefficient (Wildman–Crippen LogP) is 3.44. The van der Waals surface area contributed by atoms with Gasteiger partial charge in [-0.15, -0.1) is 0 Å². The smallest absolute Gasteiger partial charge is 0.281 e. The van der Waals surface area contributed by atoms with Crippen LogP contribution < -0.4 is 0 Å². The minimum Gasteiger partial charge on any atom is -0.445 e. The van der Waals surface area contributed by atoms with Crippen molar-refractivity contribution in [1.82, 2.24) is 4.90 Å². The van der Waals surface area contributed by atoms with Gasteiger partial charge in [0, 0.05) is 17.1 Å². The molecule has 0 saturated carbocycles. The summed E-state index contributed by atoms with van der Waals surface area (Å²) in [6, 6.07) is 7.40. The van der Waals surface area contributed by atoms with Crippen molar-refractivity contribution in [3.8, 4) is 0 Å². The second-order valence-electron chi connectivity index (χ2n) is 6.13. The number of fused-ring (bicyclic) bond motifs is 1. The van der Waals surface area contributed by atoms with E-state index in [0.717, 1.165) is 15.7 Å². The Morgan fingerprint density at radius 3 is 2.91 bits per heavy atom. The minimum absolute atomic E-state index is 0.0485. The molecule has 116 valence electrons. The summed E-state index contributed by atoms with van der Waals surface area (Å²) in [5.41, 5.74) is 1.92. The molecule has 1 N–H and O–H groups in total. The number of carbonyl (C=O) groups is 1. The SMILES string of the molecule is CC1=C2C(=CC(C)(C(=O)c3cccc(Br)c3)C1)OC(O)N2C. The van der Waals surface area contributed by atoms with Gasteiger partial charge >= 0.3 is 0 Å². The second kappa shape index (κ2) is 5.25. The van der Waals surface area contributed by atoms with Crippen molar-refractivity contribution in [2.45, 2.75) is 26.7 Å². The first-order chi connectivity index (χ1) is 10.3. The predicted molar refractivity (Wildman–Crippen MR) is 86.8 cm³/mol. The van der Waals surface area contributed by atoms with Crippen LogP contribution in [0, 0.1) is 5.41 Å². The molecule has 0 radical (unpaired) electrons. The molecule has 0 aromatic heterocycles. The van der Waals surface area contributed by atoms with Gasteiger partial charge in [0.25, 0.3) is 6.41 Å². The highest BCUT2D eigenvalue weighted by molar-refractivity contribution is 9.10. The lowest BCUT2D eigenvalue weighted by Crippen LogP contribution is -2.30. The fourth-order valence-electron chi connectivity index (χ4n) is 3.23. The number of nitrogens with zero attached hydrogens (tertiary/aromatic N) is 1. The first kappa shape index (κ1) is 15.3. The van der Waals surface area contributed by atoms with E-state index in [4.69, 9.17) is 4.74 Å². The van der Waals surface area contributed by atoms with Gasteiger partial charge in [-0.2, -0.15) is 0 Å². The van der Waals surface area contributed by atoms with E-state index in [1.165, 1.54) is 0 Å². The zero-order chi connectivity index (χ0) is 16.1. The van der Waals surface area contributed by atoms with Crippen LogP contribution in [0.25, 0.3) is 0 Å². The van der Waals surface area contributed by atoms with Gasteiger partial charge in [-0.05, 0) is 44.1 Å². The third kappa shape index (κ3) is 2.38. The van der Waals surface area contributed by atoms with Crippen LogP contribution >= 0.6 is 15.9 Å². The lowest BCUT2D eigenvalue weighted by molar-refractivity contribution is -0.108. The van der Waals surface area contributed by atoms with Crippen LogP contribution in [-0.4, -0.2) is 29.3 Å². The number of benzene rings is 1. The molecule has 2 aliphatic rings. The Kier molecular flexibility index (Phi) is 3.65. The molecule has 4 nitrogen and oxygen atoms in total. The van der Waals surface area contributed by atoms with Gasteiger partial charge in [0.05, 0.1) is 11.1 Å². The van der Waals surface area contributed by atoms with Crippen molar-refractivity contribution in [3.05, 3.63) is 57.4 Å². The number of allylic oxidation sites excluding steroid dienone is 2. The normalized spacial score (nSPS) is 27.4. The van der Waals surface area contributed by atoms with Crippen LogP contribution in [0.2, 0.25) is 0 Å². The zero-order valence-electron chi connectivity index (χ0n) is 12.8. The molecular formula is C17H18BrNO3. The lowest BCUT2D eigenvalue weighted by Gasteiger charge is -2.30. The van der Waals surface area contributed by atoms with Crippen molar-refractivity contribution < 1.29 is 14.6 Å². The standard InChI is InChI=1S/C17H18BrNO3/c1-10-8-17(2,9-13-14(10)19(3)16(21)22-13)15(20)11-5-4-6-12(18)7-11/h4-7,9,16,21H,8H2,1-3H3. The molecular weight excluding hydrogens is 346 g/mol. The Morgan fingerprint density at radius 2 is 2.23 bits per heavy atom. The molecule has 22 heavy (non-hydrogen) atoms. The number of aliphatic hydroxyl groups excluding tert-OH is 1. The summed E-state index contributed by atoms with van der Waals surface area (Å²) < 4.78 is 6.36. The number of likely N-dealkylation sites (N-methyl/N-ethyl adjacent to an activating group) is 1. The summed E-state index contributed by atoms with van der Waals surface area (Å²) in [7, 11) is 1.78. The molecule has 5 heteroatoms. The quantitative estimate of drug-likeness (QED) is 0.817. The van der Waals surface area contributed by atoms with Crippen molar-refractivity contribution in [1.29, 1.82) is 0 Å². The highest BCUT2D eigenvalue weighted by Crippen LogP contribution is 2.44. The van der Waals surface area contributed by atoms with E-state index in [2.05, 4.69) is 15.9 Å².